The summed E-state index contributed by atoms with van der Waals surface area (Å²) in [6, 6.07) is 24.7. The van der Waals surface area contributed by atoms with Crippen LogP contribution in [0.2, 0.25) is 0 Å². The molecule has 0 saturated heterocycles. The zero-order valence-corrected chi connectivity index (χ0v) is 15.4. The van der Waals surface area contributed by atoms with E-state index in [1.807, 2.05) is 36.4 Å². The number of pyridine rings is 1. The molecule has 0 spiro atoms. The van der Waals surface area contributed by atoms with Gasteiger partial charge in [-0.25, -0.2) is 0 Å². The van der Waals surface area contributed by atoms with E-state index in [4.69, 9.17) is 9.15 Å². The largest absolute Gasteiger partial charge is 0.457 e. The maximum atomic E-state index is 12.5. The first-order valence-electron chi connectivity index (χ1n) is 9.06. The maximum Gasteiger partial charge on any atom is 0.291 e. The van der Waals surface area contributed by atoms with E-state index < -0.39 is 0 Å². The Kier molecular flexibility index (Phi) is 5.25. The molecule has 0 aliphatic carbocycles. The van der Waals surface area contributed by atoms with Crippen molar-refractivity contribution in [3.8, 4) is 11.5 Å². The zero-order valence-electron chi connectivity index (χ0n) is 15.4. The van der Waals surface area contributed by atoms with Gasteiger partial charge in [0, 0.05) is 24.0 Å². The van der Waals surface area contributed by atoms with Crippen LogP contribution in [-0.2, 0) is 6.54 Å². The number of aromatic nitrogens is 1. The van der Waals surface area contributed by atoms with Crippen LogP contribution in [0.15, 0.2) is 100 Å². The molecule has 2 aromatic heterocycles. The highest BCUT2D eigenvalue weighted by Gasteiger charge is 2.12. The molecule has 6 nitrogen and oxygen atoms in total. The predicted molar refractivity (Wildman–Crippen MR) is 109 cm³/mol. The molecule has 6 heteroatoms. The number of hydrogen-bond donors (Lipinski definition) is 1. The number of amides is 1. The third-order valence-electron chi connectivity index (χ3n) is 4.18. The summed E-state index contributed by atoms with van der Waals surface area (Å²) in [6.07, 6.45) is 1.67. The average molecular weight is 386 g/mol. The van der Waals surface area contributed by atoms with Crippen LogP contribution in [0, 0.1) is 0 Å². The molecule has 0 radical (unpaired) electrons. The number of hydrogen-bond acceptors (Lipinski definition) is 4. The Morgan fingerprint density at radius 1 is 0.897 bits per heavy atom. The van der Waals surface area contributed by atoms with E-state index in [0.717, 1.165) is 0 Å². The second-order valence-corrected chi connectivity index (χ2v) is 6.33. The number of anilines is 1. The van der Waals surface area contributed by atoms with Gasteiger partial charge in [-0.2, -0.15) is 0 Å². The third-order valence-corrected chi connectivity index (χ3v) is 4.18. The first-order valence-corrected chi connectivity index (χ1v) is 9.06. The summed E-state index contributed by atoms with van der Waals surface area (Å²) < 4.78 is 12.9. The fourth-order valence-corrected chi connectivity index (χ4v) is 2.80. The Balaban J connectivity index is 1.43. The number of nitrogens with zero attached hydrogens (tertiary/aromatic N) is 1. The van der Waals surface area contributed by atoms with Crippen LogP contribution < -0.4 is 15.6 Å². The van der Waals surface area contributed by atoms with Crippen molar-refractivity contribution in [1.82, 2.24) is 4.57 Å². The minimum absolute atomic E-state index is 0.134. The Hall–Kier alpha value is -4.06. The van der Waals surface area contributed by atoms with Gasteiger partial charge in [0.2, 0.25) is 0 Å². The molecular weight excluding hydrogens is 368 g/mol. The summed E-state index contributed by atoms with van der Waals surface area (Å²) in [4.78, 5) is 24.3. The minimum atomic E-state index is -0.381. The molecular formula is C23H18N2O4. The summed E-state index contributed by atoms with van der Waals surface area (Å²) in [5, 5.41) is 2.79. The van der Waals surface area contributed by atoms with Gasteiger partial charge in [0.15, 0.2) is 5.76 Å². The van der Waals surface area contributed by atoms with Gasteiger partial charge in [-0.3, -0.25) is 9.59 Å². The number of furan rings is 1. The molecule has 0 atom stereocenters. The number of ether oxygens (including phenoxy) is 1. The Morgan fingerprint density at radius 2 is 1.69 bits per heavy atom. The molecule has 2 heterocycles. The summed E-state index contributed by atoms with van der Waals surface area (Å²) in [6.45, 7) is 0.257. The van der Waals surface area contributed by atoms with Crippen molar-refractivity contribution in [3.05, 3.63) is 113 Å². The van der Waals surface area contributed by atoms with Crippen LogP contribution in [0.25, 0.3) is 0 Å². The minimum Gasteiger partial charge on any atom is -0.457 e. The number of carbonyl (C=O) groups is 1. The quantitative estimate of drug-likeness (QED) is 0.528. The lowest BCUT2D eigenvalue weighted by Gasteiger charge is -2.08. The van der Waals surface area contributed by atoms with E-state index in [2.05, 4.69) is 5.32 Å². The van der Waals surface area contributed by atoms with Crippen molar-refractivity contribution >= 4 is 11.6 Å². The topological polar surface area (TPSA) is 73.5 Å². The van der Waals surface area contributed by atoms with Gasteiger partial charge in [0.1, 0.15) is 17.3 Å². The molecule has 0 aliphatic rings. The van der Waals surface area contributed by atoms with Gasteiger partial charge < -0.3 is 19.0 Å². The lowest BCUT2D eigenvalue weighted by Crippen LogP contribution is -2.18. The summed E-state index contributed by atoms with van der Waals surface area (Å²) in [7, 11) is 0. The first kappa shape index (κ1) is 18.3. The second-order valence-electron chi connectivity index (χ2n) is 6.33. The van der Waals surface area contributed by atoms with Crippen LogP contribution in [0.1, 0.15) is 16.3 Å². The number of benzene rings is 2. The zero-order chi connectivity index (χ0) is 20.1. The highest BCUT2D eigenvalue weighted by molar-refractivity contribution is 6.02. The molecule has 4 aromatic rings. The normalized spacial score (nSPS) is 10.5. The molecule has 0 saturated carbocycles. The van der Waals surface area contributed by atoms with Gasteiger partial charge in [-0.05, 0) is 42.5 Å². The van der Waals surface area contributed by atoms with Crippen molar-refractivity contribution in [2.45, 2.75) is 6.54 Å². The lowest BCUT2D eigenvalue weighted by molar-refractivity contribution is 0.0994. The fourth-order valence-electron chi connectivity index (χ4n) is 2.80. The lowest BCUT2D eigenvalue weighted by atomic mass is 10.3. The first-order chi connectivity index (χ1) is 14.2. The fraction of sp³-hybridized carbons (Fsp3) is 0.0435. The van der Waals surface area contributed by atoms with Crippen molar-refractivity contribution in [2.75, 3.05) is 5.32 Å². The van der Waals surface area contributed by atoms with E-state index in [-0.39, 0.29) is 23.8 Å². The van der Waals surface area contributed by atoms with E-state index >= 15 is 0 Å². The van der Waals surface area contributed by atoms with Crippen molar-refractivity contribution in [2.24, 2.45) is 0 Å². The molecule has 1 amide bonds. The van der Waals surface area contributed by atoms with Gasteiger partial charge in [0.25, 0.3) is 11.5 Å². The van der Waals surface area contributed by atoms with Crippen LogP contribution in [0.3, 0.4) is 0 Å². The molecule has 144 valence electrons. The van der Waals surface area contributed by atoms with Gasteiger partial charge in [-0.15, -0.1) is 0 Å². The van der Waals surface area contributed by atoms with Gasteiger partial charge in [-0.1, -0.05) is 30.3 Å². The van der Waals surface area contributed by atoms with Crippen LogP contribution in [0.4, 0.5) is 5.69 Å². The average Bonchev–Trinajstić information content (AvgIpc) is 3.20. The SMILES string of the molecule is O=C(Nc1cccc(Oc2ccccc2)c1)c1ccc(Cn2ccccc2=O)o1. The number of carbonyl (C=O) groups excluding carboxylic acids is 1. The van der Waals surface area contributed by atoms with Crippen LogP contribution >= 0.6 is 0 Å². The van der Waals surface area contributed by atoms with E-state index in [9.17, 15) is 9.59 Å². The van der Waals surface area contributed by atoms with E-state index in [1.54, 1.807) is 48.7 Å². The maximum absolute atomic E-state index is 12.5. The number of para-hydroxylation sites is 1. The van der Waals surface area contributed by atoms with Gasteiger partial charge in [0.05, 0.1) is 6.54 Å². The number of nitrogens with one attached hydrogen (secondary N) is 1. The summed E-state index contributed by atoms with van der Waals surface area (Å²) in [5.74, 6) is 1.62. The highest BCUT2D eigenvalue weighted by atomic mass is 16.5. The van der Waals surface area contributed by atoms with Crippen molar-refractivity contribution < 1.29 is 13.9 Å². The summed E-state index contributed by atoms with van der Waals surface area (Å²) in [5.41, 5.74) is 0.450. The third kappa shape index (κ3) is 4.62. The second kappa shape index (κ2) is 8.31. The monoisotopic (exact) mass is 386 g/mol. The predicted octanol–water partition coefficient (Wildman–Crippen LogP) is 4.53. The van der Waals surface area contributed by atoms with Gasteiger partial charge >= 0.3 is 0 Å². The van der Waals surface area contributed by atoms with E-state index in [1.165, 1.54) is 10.6 Å². The van der Waals surface area contributed by atoms with Crippen molar-refractivity contribution in [1.29, 1.82) is 0 Å². The Bertz CT molecular complexity index is 1180. The number of rotatable bonds is 6. The van der Waals surface area contributed by atoms with Crippen LogP contribution in [0.5, 0.6) is 11.5 Å². The standard InChI is InChI=1S/C23H18N2O4/c26-22-11-4-5-14-25(22)16-20-12-13-21(29-20)23(27)24-17-7-6-10-19(15-17)28-18-8-2-1-3-9-18/h1-15H,16H2,(H,24,27). The van der Waals surface area contributed by atoms with E-state index in [0.29, 0.717) is 22.9 Å². The molecule has 0 aliphatic heterocycles. The molecule has 2 aromatic carbocycles. The molecule has 0 bridgehead atoms. The smallest absolute Gasteiger partial charge is 0.291 e. The highest BCUT2D eigenvalue weighted by Crippen LogP contribution is 2.24. The molecule has 4 rings (SSSR count). The Labute approximate surface area is 167 Å². The Morgan fingerprint density at radius 3 is 2.52 bits per heavy atom. The van der Waals surface area contributed by atoms with Crippen molar-refractivity contribution in [3.63, 3.8) is 0 Å². The molecule has 1 N–H and O–H groups in total. The van der Waals surface area contributed by atoms with Crippen LogP contribution in [-0.4, -0.2) is 10.5 Å². The molecule has 0 fully saturated rings. The summed E-state index contributed by atoms with van der Waals surface area (Å²) >= 11 is 0. The molecule has 29 heavy (non-hydrogen) atoms. The molecule has 0 unspecified atom stereocenters.